The second-order valence-electron chi connectivity index (χ2n) is 8.42. The number of carbonyl (C=O) groups is 1. The standard InChI is InChI=1S/C22H32N4O/c1-16(2)22(27)25(3)21-18-7-8-19(21)15-26(14-18)12-4-11-24-20-9-5-17(13-23)6-10-20/h5-6,9-10,16,18-19,21,24H,4,7-8,11-12,14-15H2,1-3H3. The number of nitrogens with one attached hydrogen (secondary N) is 1. The van der Waals surface area contributed by atoms with Crippen LogP contribution in [0.3, 0.4) is 0 Å². The highest BCUT2D eigenvalue weighted by Crippen LogP contribution is 2.40. The summed E-state index contributed by atoms with van der Waals surface area (Å²) < 4.78 is 0. The van der Waals surface area contributed by atoms with Crippen LogP contribution in [0.1, 0.15) is 38.7 Å². The highest BCUT2D eigenvalue weighted by Gasteiger charge is 2.45. The largest absolute Gasteiger partial charge is 0.385 e. The van der Waals surface area contributed by atoms with Crippen LogP contribution in [0.5, 0.6) is 0 Å². The quantitative estimate of drug-likeness (QED) is 0.751. The minimum absolute atomic E-state index is 0.0840. The maximum Gasteiger partial charge on any atom is 0.225 e. The molecule has 1 aromatic rings. The van der Waals surface area contributed by atoms with Gasteiger partial charge in [-0.3, -0.25) is 4.79 Å². The molecule has 1 amide bonds. The lowest BCUT2D eigenvalue weighted by Crippen LogP contribution is -2.54. The fourth-order valence-corrected chi connectivity index (χ4v) is 4.86. The smallest absolute Gasteiger partial charge is 0.225 e. The van der Waals surface area contributed by atoms with Gasteiger partial charge in [0.15, 0.2) is 0 Å². The number of fused-ring (bicyclic) bond motifs is 2. The number of hydrogen-bond donors (Lipinski definition) is 1. The molecule has 2 fully saturated rings. The Kier molecular flexibility index (Phi) is 6.38. The van der Waals surface area contributed by atoms with Crippen molar-refractivity contribution in [2.24, 2.45) is 17.8 Å². The van der Waals surface area contributed by atoms with Crippen LogP contribution in [-0.4, -0.2) is 55.0 Å². The number of benzene rings is 1. The lowest BCUT2D eigenvalue weighted by Gasteiger charge is -2.43. The van der Waals surface area contributed by atoms with Gasteiger partial charge in [-0.15, -0.1) is 0 Å². The molecule has 0 aromatic heterocycles. The van der Waals surface area contributed by atoms with Crippen molar-refractivity contribution in [2.45, 2.75) is 39.2 Å². The van der Waals surface area contributed by atoms with Gasteiger partial charge in [-0.05, 0) is 61.9 Å². The average molecular weight is 369 g/mol. The zero-order chi connectivity index (χ0) is 19.4. The third kappa shape index (κ3) is 4.62. The molecule has 0 radical (unpaired) electrons. The Labute approximate surface area is 163 Å². The van der Waals surface area contributed by atoms with E-state index < -0.39 is 0 Å². The van der Waals surface area contributed by atoms with Crippen molar-refractivity contribution in [1.29, 1.82) is 5.26 Å². The number of nitrogens with zero attached hydrogens (tertiary/aromatic N) is 3. The molecule has 1 aliphatic carbocycles. The summed E-state index contributed by atoms with van der Waals surface area (Å²) in [5.74, 6) is 1.63. The van der Waals surface area contributed by atoms with E-state index in [0.717, 1.165) is 38.3 Å². The summed E-state index contributed by atoms with van der Waals surface area (Å²) in [6.45, 7) is 8.27. The first kappa shape index (κ1) is 19.7. The maximum absolute atomic E-state index is 12.4. The van der Waals surface area contributed by atoms with Crippen LogP contribution in [0.25, 0.3) is 0 Å². The Bertz CT molecular complexity index is 665. The molecular weight excluding hydrogens is 336 g/mol. The minimum Gasteiger partial charge on any atom is -0.385 e. The first-order chi connectivity index (χ1) is 13.0. The van der Waals surface area contributed by atoms with Crippen LogP contribution in [0, 0.1) is 29.1 Å². The van der Waals surface area contributed by atoms with E-state index in [1.165, 1.54) is 12.8 Å². The Hall–Kier alpha value is -2.06. The van der Waals surface area contributed by atoms with Gasteiger partial charge in [0.25, 0.3) is 0 Å². The summed E-state index contributed by atoms with van der Waals surface area (Å²) in [4.78, 5) is 17.1. The molecule has 1 saturated carbocycles. The maximum atomic E-state index is 12.4. The SMILES string of the molecule is CC(C)C(=O)N(C)C1C2CCC1CN(CCCNc1ccc(C#N)cc1)C2. The average Bonchev–Trinajstić information content (AvgIpc) is 2.94. The van der Waals surface area contributed by atoms with Gasteiger partial charge in [0, 0.05) is 44.3 Å². The Balaban J connectivity index is 1.43. The number of rotatable bonds is 7. The summed E-state index contributed by atoms with van der Waals surface area (Å²) in [5, 5.41) is 12.3. The molecule has 2 atom stereocenters. The molecule has 1 N–H and O–H groups in total. The molecule has 2 bridgehead atoms. The van der Waals surface area contributed by atoms with Gasteiger partial charge in [0.2, 0.25) is 5.91 Å². The molecule has 1 heterocycles. The van der Waals surface area contributed by atoms with E-state index in [0.29, 0.717) is 23.4 Å². The summed E-state index contributed by atoms with van der Waals surface area (Å²) in [6.07, 6.45) is 3.61. The normalized spacial score (nSPS) is 24.6. The van der Waals surface area contributed by atoms with Gasteiger partial charge >= 0.3 is 0 Å². The van der Waals surface area contributed by atoms with Gasteiger partial charge in [-0.2, -0.15) is 5.26 Å². The van der Waals surface area contributed by atoms with Crippen LogP contribution in [-0.2, 0) is 4.79 Å². The zero-order valence-electron chi connectivity index (χ0n) is 16.8. The summed E-state index contributed by atoms with van der Waals surface area (Å²) in [7, 11) is 2.01. The predicted octanol–water partition coefficient (Wildman–Crippen LogP) is 3.19. The van der Waals surface area contributed by atoms with E-state index in [-0.39, 0.29) is 11.8 Å². The van der Waals surface area contributed by atoms with Gasteiger partial charge in [0.05, 0.1) is 11.6 Å². The predicted molar refractivity (Wildman–Crippen MR) is 108 cm³/mol. The number of nitriles is 1. The summed E-state index contributed by atoms with van der Waals surface area (Å²) >= 11 is 0. The van der Waals surface area contributed by atoms with Crippen LogP contribution in [0.4, 0.5) is 5.69 Å². The molecule has 27 heavy (non-hydrogen) atoms. The van der Waals surface area contributed by atoms with Gasteiger partial charge < -0.3 is 15.1 Å². The van der Waals surface area contributed by atoms with Crippen molar-refractivity contribution in [1.82, 2.24) is 9.80 Å². The van der Waals surface area contributed by atoms with Crippen molar-refractivity contribution >= 4 is 11.6 Å². The van der Waals surface area contributed by atoms with E-state index >= 15 is 0 Å². The highest BCUT2D eigenvalue weighted by atomic mass is 16.2. The molecular formula is C22H32N4O. The molecule has 146 valence electrons. The molecule has 1 aromatic carbocycles. The van der Waals surface area contributed by atoms with Crippen LogP contribution < -0.4 is 5.32 Å². The summed E-state index contributed by atoms with van der Waals surface area (Å²) in [6, 6.07) is 10.2. The van der Waals surface area contributed by atoms with E-state index in [1.54, 1.807) is 0 Å². The lowest BCUT2D eigenvalue weighted by atomic mass is 9.90. The van der Waals surface area contributed by atoms with Gasteiger partial charge in [0.1, 0.15) is 0 Å². The van der Waals surface area contributed by atoms with Gasteiger partial charge in [-0.25, -0.2) is 0 Å². The van der Waals surface area contributed by atoms with Crippen molar-refractivity contribution in [2.75, 3.05) is 38.5 Å². The Morgan fingerprint density at radius 1 is 1.26 bits per heavy atom. The molecule has 3 rings (SSSR count). The molecule has 1 aliphatic heterocycles. The number of anilines is 1. The van der Waals surface area contributed by atoms with Crippen molar-refractivity contribution in [3.05, 3.63) is 29.8 Å². The van der Waals surface area contributed by atoms with Crippen LogP contribution in [0.15, 0.2) is 24.3 Å². The molecule has 1 saturated heterocycles. The third-order valence-electron chi connectivity index (χ3n) is 6.14. The van der Waals surface area contributed by atoms with E-state index in [4.69, 9.17) is 5.26 Å². The lowest BCUT2D eigenvalue weighted by molar-refractivity contribution is -0.138. The van der Waals surface area contributed by atoms with E-state index in [2.05, 4.69) is 21.2 Å². The van der Waals surface area contributed by atoms with Crippen LogP contribution >= 0.6 is 0 Å². The number of piperidine rings is 1. The third-order valence-corrected chi connectivity index (χ3v) is 6.14. The van der Waals surface area contributed by atoms with E-state index in [9.17, 15) is 4.79 Å². The number of carbonyl (C=O) groups excluding carboxylic acids is 1. The van der Waals surface area contributed by atoms with Crippen molar-refractivity contribution in [3.63, 3.8) is 0 Å². The Morgan fingerprint density at radius 2 is 1.89 bits per heavy atom. The van der Waals surface area contributed by atoms with Crippen molar-refractivity contribution in [3.8, 4) is 6.07 Å². The zero-order valence-corrected chi connectivity index (χ0v) is 16.8. The highest BCUT2D eigenvalue weighted by molar-refractivity contribution is 5.78. The van der Waals surface area contributed by atoms with Crippen molar-refractivity contribution < 1.29 is 4.79 Å². The van der Waals surface area contributed by atoms with Crippen LogP contribution in [0.2, 0.25) is 0 Å². The first-order valence-corrected chi connectivity index (χ1v) is 10.2. The topological polar surface area (TPSA) is 59.4 Å². The first-order valence-electron chi connectivity index (χ1n) is 10.2. The number of likely N-dealkylation sites (tertiary alicyclic amines) is 1. The van der Waals surface area contributed by atoms with E-state index in [1.807, 2.05) is 45.2 Å². The number of amides is 1. The molecule has 5 nitrogen and oxygen atoms in total. The molecule has 5 heteroatoms. The fourth-order valence-electron chi connectivity index (χ4n) is 4.86. The number of hydrogen-bond acceptors (Lipinski definition) is 4. The Morgan fingerprint density at radius 3 is 2.44 bits per heavy atom. The molecule has 2 unspecified atom stereocenters. The minimum atomic E-state index is 0.0840. The fraction of sp³-hybridized carbons (Fsp3) is 0.636. The summed E-state index contributed by atoms with van der Waals surface area (Å²) in [5.41, 5.74) is 1.77. The van der Waals surface area contributed by atoms with Gasteiger partial charge in [-0.1, -0.05) is 13.8 Å². The second kappa shape index (κ2) is 8.75. The second-order valence-corrected chi connectivity index (χ2v) is 8.42. The monoisotopic (exact) mass is 368 g/mol. The molecule has 0 spiro atoms. The molecule has 2 aliphatic rings.